The molecule has 1 aromatic carbocycles. The molecule has 104 valence electrons. The van der Waals surface area contributed by atoms with Gasteiger partial charge in [0.1, 0.15) is 6.04 Å². The van der Waals surface area contributed by atoms with Crippen molar-refractivity contribution in [3.8, 4) is 0 Å². The fraction of sp³-hybridized carbons (Fsp3) is 0.333. The number of amides is 1. The van der Waals surface area contributed by atoms with Crippen molar-refractivity contribution >= 4 is 46.8 Å². The number of thioether (sulfide) groups is 1. The fourth-order valence-electron chi connectivity index (χ4n) is 1.37. The van der Waals surface area contributed by atoms with Crippen LogP contribution in [-0.2, 0) is 15.3 Å². The van der Waals surface area contributed by atoms with Gasteiger partial charge >= 0.3 is 5.97 Å². The third-order valence-corrected chi connectivity index (χ3v) is 4.19. The molecule has 7 heteroatoms. The molecule has 0 heterocycles. The Morgan fingerprint density at radius 1 is 1.42 bits per heavy atom. The summed E-state index contributed by atoms with van der Waals surface area (Å²) in [5, 5.41) is 12.3. The summed E-state index contributed by atoms with van der Waals surface area (Å²) in [7, 11) is 0. The summed E-state index contributed by atoms with van der Waals surface area (Å²) in [6, 6.07) is 4.40. The molecule has 0 aliphatic heterocycles. The summed E-state index contributed by atoms with van der Waals surface area (Å²) in [4.78, 5) is 21.8. The Morgan fingerprint density at radius 2 is 2.11 bits per heavy atom. The summed E-state index contributed by atoms with van der Waals surface area (Å²) in [5.74, 6) is -0.630. The van der Waals surface area contributed by atoms with E-state index in [-0.39, 0.29) is 11.7 Å². The number of rotatable bonds is 6. The second kappa shape index (κ2) is 7.62. The third-order valence-electron chi connectivity index (χ3n) is 2.25. The quantitative estimate of drug-likeness (QED) is 0.845. The van der Waals surface area contributed by atoms with Crippen molar-refractivity contribution in [1.82, 2.24) is 5.32 Å². The molecule has 0 bridgehead atoms. The van der Waals surface area contributed by atoms with E-state index in [1.807, 2.05) is 6.07 Å². The lowest BCUT2D eigenvalue weighted by Gasteiger charge is -2.13. The molecule has 2 N–H and O–H groups in total. The molecule has 1 rings (SSSR count). The lowest BCUT2D eigenvalue weighted by atomic mass is 10.2. The summed E-state index contributed by atoms with van der Waals surface area (Å²) in [6.07, 6.45) is 0. The first-order valence-corrected chi connectivity index (χ1v) is 7.33. The van der Waals surface area contributed by atoms with Gasteiger partial charge in [0, 0.05) is 18.4 Å². The first-order valence-electron chi connectivity index (χ1n) is 5.42. The van der Waals surface area contributed by atoms with Crippen LogP contribution in [0.2, 0.25) is 10.0 Å². The summed E-state index contributed by atoms with van der Waals surface area (Å²) < 4.78 is 0. The predicted molar refractivity (Wildman–Crippen MR) is 77.9 cm³/mol. The van der Waals surface area contributed by atoms with Crippen LogP contribution in [-0.4, -0.2) is 28.8 Å². The average Bonchev–Trinajstić information content (AvgIpc) is 2.32. The van der Waals surface area contributed by atoms with E-state index in [1.165, 1.54) is 18.7 Å². The van der Waals surface area contributed by atoms with Crippen molar-refractivity contribution in [2.24, 2.45) is 0 Å². The van der Waals surface area contributed by atoms with E-state index >= 15 is 0 Å². The molecule has 0 aliphatic rings. The van der Waals surface area contributed by atoms with E-state index in [9.17, 15) is 9.59 Å². The highest BCUT2D eigenvalue weighted by Crippen LogP contribution is 2.28. The van der Waals surface area contributed by atoms with Crippen LogP contribution in [0.1, 0.15) is 12.5 Å². The molecule has 0 radical (unpaired) electrons. The largest absolute Gasteiger partial charge is 0.480 e. The maximum absolute atomic E-state index is 10.9. The van der Waals surface area contributed by atoms with Crippen LogP contribution < -0.4 is 5.32 Å². The normalized spacial score (nSPS) is 11.9. The van der Waals surface area contributed by atoms with Crippen LogP contribution in [0.25, 0.3) is 0 Å². The lowest BCUT2D eigenvalue weighted by molar-refractivity contribution is -0.140. The monoisotopic (exact) mass is 321 g/mol. The molecule has 0 aromatic heterocycles. The molecule has 0 aliphatic carbocycles. The Morgan fingerprint density at radius 3 is 2.68 bits per heavy atom. The van der Waals surface area contributed by atoms with E-state index in [0.29, 0.717) is 15.8 Å². The van der Waals surface area contributed by atoms with Crippen molar-refractivity contribution in [2.45, 2.75) is 18.7 Å². The van der Waals surface area contributed by atoms with Crippen molar-refractivity contribution in [1.29, 1.82) is 0 Å². The maximum atomic E-state index is 10.9. The fourth-order valence-corrected chi connectivity index (χ4v) is 2.87. The number of hydrogen-bond donors (Lipinski definition) is 2. The Kier molecular flexibility index (Phi) is 6.48. The minimum atomic E-state index is -1.06. The molecule has 19 heavy (non-hydrogen) atoms. The lowest BCUT2D eigenvalue weighted by Crippen LogP contribution is -2.41. The Balaban J connectivity index is 2.54. The molecule has 0 saturated carbocycles. The molecule has 0 spiro atoms. The van der Waals surface area contributed by atoms with Gasteiger partial charge in [0.2, 0.25) is 5.91 Å². The van der Waals surface area contributed by atoms with Gasteiger partial charge in [0.25, 0.3) is 0 Å². The van der Waals surface area contributed by atoms with E-state index in [1.54, 1.807) is 12.1 Å². The van der Waals surface area contributed by atoms with Crippen molar-refractivity contribution < 1.29 is 14.7 Å². The number of benzene rings is 1. The maximum Gasteiger partial charge on any atom is 0.327 e. The van der Waals surface area contributed by atoms with Gasteiger partial charge in [0.15, 0.2) is 0 Å². The van der Waals surface area contributed by atoms with Gasteiger partial charge in [-0.1, -0.05) is 35.3 Å². The molecular weight excluding hydrogens is 309 g/mol. The Hall–Kier alpha value is -0.910. The van der Waals surface area contributed by atoms with Crippen LogP contribution in [0.15, 0.2) is 18.2 Å². The summed E-state index contributed by atoms with van der Waals surface area (Å²) in [6.45, 7) is 1.29. The second-order valence-corrected chi connectivity index (χ2v) is 5.63. The second-order valence-electron chi connectivity index (χ2n) is 3.82. The molecule has 1 aromatic rings. The van der Waals surface area contributed by atoms with Crippen molar-refractivity contribution in [3.63, 3.8) is 0 Å². The number of aliphatic carboxylic acids is 1. The van der Waals surface area contributed by atoms with Crippen LogP contribution in [0.3, 0.4) is 0 Å². The number of carbonyl (C=O) groups is 2. The molecule has 0 unspecified atom stereocenters. The van der Waals surface area contributed by atoms with Gasteiger partial charge in [-0.05, 0) is 11.6 Å². The Labute approximate surface area is 125 Å². The molecule has 0 saturated heterocycles. The van der Waals surface area contributed by atoms with Crippen LogP contribution in [0.5, 0.6) is 0 Å². The van der Waals surface area contributed by atoms with E-state index in [2.05, 4.69) is 5.32 Å². The first kappa shape index (κ1) is 16.1. The minimum absolute atomic E-state index is 0.262. The molecule has 1 amide bonds. The zero-order valence-electron chi connectivity index (χ0n) is 10.2. The topological polar surface area (TPSA) is 66.4 Å². The first-order chi connectivity index (χ1) is 8.91. The number of hydrogen-bond acceptors (Lipinski definition) is 3. The van der Waals surface area contributed by atoms with Gasteiger partial charge < -0.3 is 10.4 Å². The molecule has 1 atom stereocenters. The summed E-state index contributed by atoms with van der Waals surface area (Å²) >= 11 is 13.3. The van der Waals surface area contributed by atoms with Gasteiger partial charge in [-0.2, -0.15) is 11.8 Å². The van der Waals surface area contributed by atoms with E-state index in [4.69, 9.17) is 28.3 Å². The van der Waals surface area contributed by atoms with Gasteiger partial charge in [-0.3, -0.25) is 4.79 Å². The van der Waals surface area contributed by atoms with E-state index in [0.717, 1.165) is 5.56 Å². The standard InChI is InChI=1S/C12H13Cl2NO3S/c1-7(16)15-10(12(17)18)6-19-5-8-3-2-4-9(13)11(8)14/h2-4,10H,5-6H2,1H3,(H,15,16)(H,17,18)/t10-/m0/s1. The van der Waals surface area contributed by atoms with Crippen molar-refractivity contribution in [3.05, 3.63) is 33.8 Å². The van der Waals surface area contributed by atoms with Crippen molar-refractivity contribution in [2.75, 3.05) is 5.75 Å². The molecule has 4 nitrogen and oxygen atoms in total. The highest BCUT2D eigenvalue weighted by atomic mass is 35.5. The van der Waals surface area contributed by atoms with Crippen LogP contribution in [0, 0.1) is 0 Å². The summed E-state index contributed by atoms with van der Waals surface area (Å²) in [5.41, 5.74) is 0.839. The van der Waals surface area contributed by atoms with Crippen LogP contribution >= 0.6 is 35.0 Å². The van der Waals surface area contributed by atoms with Gasteiger partial charge in [0.05, 0.1) is 10.0 Å². The van der Waals surface area contributed by atoms with Gasteiger partial charge in [-0.15, -0.1) is 0 Å². The zero-order valence-corrected chi connectivity index (χ0v) is 12.5. The number of nitrogens with one attached hydrogen (secondary N) is 1. The highest BCUT2D eigenvalue weighted by Gasteiger charge is 2.18. The highest BCUT2D eigenvalue weighted by molar-refractivity contribution is 7.98. The SMILES string of the molecule is CC(=O)N[C@@H](CSCc1cccc(Cl)c1Cl)C(=O)O. The number of carboxylic acid groups (broad SMARTS) is 1. The minimum Gasteiger partial charge on any atom is -0.480 e. The molecule has 0 fully saturated rings. The van der Waals surface area contributed by atoms with Crippen LogP contribution in [0.4, 0.5) is 0 Å². The van der Waals surface area contributed by atoms with Gasteiger partial charge in [-0.25, -0.2) is 4.79 Å². The molecular formula is C12H13Cl2NO3S. The Bertz CT molecular complexity index is 482. The zero-order chi connectivity index (χ0) is 14.4. The number of halogens is 2. The number of carbonyl (C=O) groups excluding carboxylic acids is 1. The average molecular weight is 322 g/mol. The smallest absolute Gasteiger partial charge is 0.327 e. The number of carboxylic acids is 1. The predicted octanol–water partition coefficient (Wildman–Crippen LogP) is 2.82. The third kappa shape index (κ3) is 5.30. The van der Waals surface area contributed by atoms with E-state index < -0.39 is 12.0 Å².